The first-order valence-electron chi connectivity index (χ1n) is 6.82. The fourth-order valence-electron chi connectivity index (χ4n) is 2.29. The van der Waals surface area contributed by atoms with Crippen LogP contribution in [0.25, 0.3) is 16.9 Å². The van der Waals surface area contributed by atoms with Gasteiger partial charge in [0.15, 0.2) is 11.1 Å². The van der Waals surface area contributed by atoms with Gasteiger partial charge in [-0.1, -0.05) is 23.7 Å². The summed E-state index contributed by atoms with van der Waals surface area (Å²) in [5.74, 6) is -2.01. The number of carbonyl (C=O) groups excluding carboxylic acids is 1. The van der Waals surface area contributed by atoms with E-state index < -0.39 is 23.9 Å². The minimum absolute atomic E-state index is 0. The van der Waals surface area contributed by atoms with Crippen LogP contribution in [0.1, 0.15) is 10.4 Å². The van der Waals surface area contributed by atoms with Crippen molar-refractivity contribution in [2.75, 3.05) is 6.54 Å². The zero-order valence-corrected chi connectivity index (χ0v) is 14.1. The van der Waals surface area contributed by atoms with Crippen molar-refractivity contribution in [2.45, 2.75) is 0 Å². The molecule has 10 heteroatoms. The van der Waals surface area contributed by atoms with Crippen molar-refractivity contribution in [3.8, 4) is 11.3 Å². The lowest BCUT2D eigenvalue weighted by Crippen LogP contribution is -2.33. The molecule has 0 atom stereocenters. The number of carboxylic acids is 1. The molecular formula is C15H12Cl2N4O4. The highest BCUT2D eigenvalue weighted by atomic mass is 35.5. The summed E-state index contributed by atoms with van der Waals surface area (Å²) in [5, 5.41) is 14.2. The van der Waals surface area contributed by atoms with Gasteiger partial charge in [-0.05, 0) is 12.1 Å². The normalized spacial score (nSPS) is 10.3. The van der Waals surface area contributed by atoms with E-state index in [1.807, 2.05) is 0 Å². The Bertz CT molecular complexity index is 995. The van der Waals surface area contributed by atoms with E-state index in [1.165, 1.54) is 16.9 Å². The Balaban J connectivity index is 0.00000225. The number of carbonyl (C=O) groups is 2. The van der Waals surface area contributed by atoms with Crippen molar-refractivity contribution in [2.24, 2.45) is 0 Å². The maximum atomic E-state index is 12.4. The summed E-state index contributed by atoms with van der Waals surface area (Å²) in [5.41, 5.74) is 0.521. The Morgan fingerprint density at radius 2 is 1.96 bits per heavy atom. The number of nitrogens with one attached hydrogen (secondary N) is 2. The first-order valence-corrected chi connectivity index (χ1v) is 7.20. The van der Waals surface area contributed by atoms with Gasteiger partial charge in [0.1, 0.15) is 18.4 Å². The number of halogens is 2. The molecule has 0 unspecified atom stereocenters. The average Bonchev–Trinajstić information content (AvgIpc) is 3.02. The predicted molar refractivity (Wildman–Crippen MR) is 93.5 cm³/mol. The van der Waals surface area contributed by atoms with E-state index in [1.54, 1.807) is 24.3 Å². The fraction of sp³-hybridized carbons (Fsp3) is 0.0667. The highest BCUT2D eigenvalue weighted by Crippen LogP contribution is 2.21. The van der Waals surface area contributed by atoms with Gasteiger partial charge in [-0.15, -0.1) is 12.4 Å². The summed E-state index contributed by atoms with van der Waals surface area (Å²) in [6, 6.07) is 8.10. The number of pyridine rings is 1. The molecular weight excluding hydrogens is 371 g/mol. The maximum absolute atomic E-state index is 12.4. The van der Waals surface area contributed by atoms with Crippen LogP contribution in [0.4, 0.5) is 0 Å². The van der Waals surface area contributed by atoms with Crippen molar-refractivity contribution in [3.63, 3.8) is 0 Å². The molecule has 2 heterocycles. The van der Waals surface area contributed by atoms with E-state index >= 15 is 0 Å². The Morgan fingerprint density at radius 3 is 2.60 bits per heavy atom. The highest BCUT2D eigenvalue weighted by Gasteiger charge is 2.20. The highest BCUT2D eigenvalue weighted by molar-refractivity contribution is 6.30. The van der Waals surface area contributed by atoms with E-state index in [0.29, 0.717) is 16.3 Å². The monoisotopic (exact) mass is 382 g/mol. The second-order valence-corrected chi connectivity index (χ2v) is 5.33. The minimum atomic E-state index is -1.21. The van der Waals surface area contributed by atoms with Crippen LogP contribution in [0.2, 0.25) is 5.02 Å². The maximum Gasteiger partial charge on any atom is 0.322 e. The van der Waals surface area contributed by atoms with Gasteiger partial charge in [-0.3, -0.25) is 19.5 Å². The molecule has 0 aliphatic carbocycles. The Hall–Kier alpha value is -2.84. The number of H-pyrrole nitrogens is 1. The molecule has 25 heavy (non-hydrogen) atoms. The summed E-state index contributed by atoms with van der Waals surface area (Å²) in [6.45, 7) is -0.589. The third-order valence-electron chi connectivity index (χ3n) is 3.33. The lowest BCUT2D eigenvalue weighted by Gasteiger charge is -2.08. The third kappa shape index (κ3) is 3.65. The van der Waals surface area contributed by atoms with Gasteiger partial charge in [-0.25, -0.2) is 9.50 Å². The molecule has 2 aromatic heterocycles. The first-order chi connectivity index (χ1) is 11.5. The molecule has 3 rings (SSSR count). The number of aromatic amines is 1. The molecule has 0 aliphatic heterocycles. The van der Waals surface area contributed by atoms with Crippen LogP contribution in [0.3, 0.4) is 0 Å². The average molecular weight is 383 g/mol. The van der Waals surface area contributed by atoms with E-state index in [2.05, 4.69) is 15.4 Å². The molecule has 0 aliphatic rings. The van der Waals surface area contributed by atoms with E-state index in [-0.39, 0.29) is 23.6 Å². The number of aromatic nitrogens is 3. The topological polar surface area (TPSA) is 117 Å². The Morgan fingerprint density at radius 1 is 1.28 bits per heavy atom. The van der Waals surface area contributed by atoms with Crippen LogP contribution in [0.5, 0.6) is 0 Å². The molecule has 0 saturated carbocycles. The van der Waals surface area contributed by atoms with Crippen molar-refractivity contribution in [3.05, 3.63) is 57.5 Å². The molecule has 1 aromatic carbocycles. The number of carboxylic acid groups (broad SMARTS) is 1. The number of hydrogen-bond acceptors (Lipinski definition) is 4. The number of rotatable bonds is 4. The Labute approximate surface area is 151 Å². The Kier molecular flexibility index (Phi) is 5.45. The van der Waals surface area contributed by atoms with Gasteiger partial charge in [0.05, 0.1) is 5.69 Å². The number of amides is 1. The number of fused-ring (bicyclic) bond motifs is 1. The smallest absolute Gasteiger partial charge is 0.322 e. The zero-order valence-electron chi connectivity index (χ0n) is 12.5. The van der Waals surface area contributed by atoms with Crippen molar-refractivity contribution < 1.29 is 14.7 Å². The lowest BCUT2D eigenvalue weighted by molar-refractivity contribution is -0.135. The molecule has 0 spiro atoms. The largest absolute Gasteiger partial charge is 0.480 e. The van der Waals surface area contributed by atoms with E-state index in [4.69, 9.17) is 16.7 Å². The van der Waals surface area contributed by atoms with Crippen molar-refractivity contribution >= 4 is 41.5 Å². The number of nitrogens with zero attached hydrogens (tertiary/aromatic N) is 2. The standard InChI is InChI=1S/C15H11ClN4O4.ClH/c16-9-3-1-8(2-4-9)10-5-11(21)13(14-18-7-19-20(10)14)15(24)17-6-12(22)23;/h1-5,7H,6H2,(H,17,24)(H,18,19)(H,22,23);1H. The van der Waals surface area contributed by atoms with Gasteiger partial charge in [-0.2, -0.15) is 0 Å². The molecule has 3 N–H and O–H groups in total. The van der Waals surface area contributed by atoms with Gasteiger partial charge >= 0.3 is 5.97 Å². The number of hydrogen-bond donors (Lipinski definition) is 3. The van der Waals surface area contributed by atoms with Gasteiger partial charge < -0.3 is 10.4 Å². The van der Waals surface area contributed by atoms with Gasteiger partial charge in [0, 0.05) is 16.7 Å². The van der Waals surface area contributed by atoms with Crippen LogP contribution in [0.15, 0.2) is 41.5 Å². The summed E-state index contributed by atoms with van der Waals surface area (Å²) in [6.07, 6.45) is 1.34. The molecule has 8 nitrogen and oxygen atoms in total. The number of benzene rings is 1. The number of aliphatic carboxylic acids is 1. The quantitative estimate of drug-likeness (QED) is 0.633. The van der Waals surface area contributed by atoms with Crippen LogP contribution in [0, 0.1) is 0 Å². The SMILES string of the molecule is Cl.O=C(O)CNC(=O)c1c(=O)cc(-c2ccc(Cl)cc2)n2[nH]cnc12. The molecule has 130 valence electrons. The summed E-state index contributed by atoms with van der Waals surface area (Å²) in [7, 11) is 0. The predicted octanol–water partition coefficient (Wildman–Crippen LogP) is 1.58. The summed E-state index contributed by atoms with van der Waals surface area (Å²) in [4.78, 5) is 39.1. The molecule has 0 fully saturated rings. The fourth-order valence-corrected chi connectivity index (χ4v) is 2.41. The van der Waals surface area contributed by atoms with E-state index in [0.717, 1.165) is 0 Å². The van der Waals surface area contributed by atoms with Crippen molar-refractivity contribution in [1.82, 2.24) is 19.9 Å². The van der Waals surface area contributed by atoms with Gasteiger partial charge in [0.2, 0.25) is 0 Å². The van der Waals surface area contributed by atoms with Crippen LogP contribution in [-0.4, -0.2) is 38.1 Å². The second-order valence-electron chi connectivity index (χ2n) is 4.90. The second kappa shape index (κ2) is 7.37. The minimum Gasteiger partial charge on any atom is -0.480 e. The summed E-state index contributed by atoms with van der Waals surface area (Å²) >= 11 is 5.87. The lowest BCUT2D eigenvalue weighted by atomic mass is 10.1. The third-order valence-corrected chi connectivity index (χ3v) is 3.58. The molecule has 1 amide bonds. The van der Waals surface area contributed by atoms with Crippen LogP contribution < -0.4 is 10.7 Å². The zero-order chi connectivity index (χ0) is 17.3. The van der Waals surface area contributed by atoms with Crippen LogP contribution in [-0.2, 0) is 4.79 Å². The van der Waals surface area contributed by atoms with Gasteiger partial charge in [0.25, 0.3) is 5.91 Å². The molecule has 0 bridgehead atoms. The first kappa shape index (κ1) is 18.5. The molecule has 0 radical (unpaired) electrons. The molecule has 3 aromatic rings. The van der Waals surface area contributed by atoms with Crippen molar-refractivity contribution in [1.29, 1.82) is 0 Å². The summed E-state index contributed by atoms with van der Waals surface area (Å²) < 4.78 is 1.47. The van der Waals surface area contributed by atoms with E-state index in [9.17, 15) is 14.4 Å². The van der Waals surface area contributed by atoms with Crippen LogP contribution >= 0.6 is 24.0 Å². The molecule has 0 saturated heterocycles.